The molecule has 0 unspecified atom stereocenters. The van der Waals surface area contributed by atoms with Crippen molar-refractivity contribution >= 4 is 11.6 Å². The molecular weight excluding hydrogens is 316 g/mol. The van der Waals surface area contributed by atoms with Crippen molar-refractivity contribution in [1.82, 2.24) is 4.90 Å². The van der Waals surface area contributed by atoms with E-state index in [1.54, 1.807) is 0 Å². The Morgan fingerprint density at radius 2 is 1.84 bits per heavy atom. The van der Waals surface area contributed by atoms with Gasteiger partial charge in [-0.2, -0.15) is 0 Å². The SMILES string of the molecule is CC(C)(CN=C(N)Nc1ccc2c(c1)OCCCO2)N1CCCCC1. The second-order valence-electron chi connectivity index (χ2n) is 7.40. The summed E-state index contributed by atoms with van der Waals surface area (Å²) in [4.78, 5) is 7.08. The maximum atomic E-state index is 6.10. The molecule has 0 saturated carbocycles. The number of benzene rings is 1. The van der Waals surface area contributed by atoms with E-state index in [0.717, 1.165) is 36.7 Å². The Morgan fingerprint density at radius 3 is 2.60 bits per heavy atom. The zero-order valence-electron chi connectivity index (χ0n) is 15.4. The molecule has 0 aliphatic carbocycles. The Labute approximate surface area is 150 Å². The van der Waals surface area contributed by atoms with Gasteiger partial charge in [0, 0.05) is 23.7 Å². The van der Waals surface area contributed by atoms with E-state index in [4.69, 9.17) is 15.2 Å². The average molecular weight is 346 g/mol. The van der Waals surface area contributed by atoms with E-state index in [0.29, 0.717) is 25.7 Å². The monoisotopic (exact) mass is 346 g/mol. The highest BCUT2D eigenvalue weighted by Gasteiger charge is 2.27. The second kappa shape index (κ2) is 7.95. The van der Waals surface area contributed by atoms with E-state index < -0.39 is 0 Å². The van der Waals surface area contributed by atoms with Crippen LogP contribution in [0.2, 0.25) is 0 Å². The van der Waals surface area contributed by atoms with Gasteiger partial charge in [0.1, 0.15) is 0 Å². The smallest absolute Gasteiger partial charge is 0.193 e. The molecule has 138 valence electrons. The molecule has 6 heteroatoms. The molecule has 1 fully saturated rings. The minimum absolute atomic E-state index is 0.0252. The van der Waals surface area contributed by atoms with Crippen LogP contribution in [0.25, 0.3) is 0 Å². The van der Waals surface area contributed by atoms with Crippen molar-refractivity contribution < 1.29 is 9.47 Å². The topological polar surface area (TPSA) is 72.1 Å². The zero-order chi connectivity index (χ0) is 17.7. The second-order valence-corrected chi connectivity index (χ2v) is 7.40. The molecule has 6 nitrogen and oxygen atoms in total. The summed E-state index contributed by atoms with van der Waals surface area (Å²) >= 11 is 0. The Hall–Kier alpha value is -1.95. The van der Waals surface area contributed by atoms with Crippen molar-refractivity contribution in [3.63, 3.8) is 0 Å². The normalized spacial score (nSPS) is 19.4. The fraction of sp³-hybridized carbons (Fsp3) is 0.632. The van der Waals surface area contributed by atoms with E-state index in [9.17, 15) is 0 Å². The lowest BCUT2D eigenvalue weighted by molar-refractivity contribution is 0.102. The van der Waals surface area contributed by atoms with Gasteiger partial charge in [0.05, 0.1) is 19.8 Å². The van der Waals surface area contributed by atoms with Crippen LogP contribution in [0.15, 0.2) is 23.2 Å². The number of fused-ring (bicyclic) bond motifs is 1. The zero-order valence-corrected chi connectivity index (χ0v) is 15.4. The van der Waals surface area contributed by atoms with Crippen LogP contribution in [0.4, 0.5) is 5.69 Å². The van der Waals surface area contributed by atoms with Crippen LogP contribution in [-0.2, 0) is 0 Å². The molecule has 1 aromatic carbocycles. The molecule has 0 bridgehead atoms. The predicted octanol–water partition coefficient (Wildman–Crippen LogP) is 2.84. The first kappa shape index (κ1) is 17.9. The van der Waals surface area contributed by atoms with E-state index in [1.807, 2.05) is 18.2 Å². The molecule has 2 aliphatic heterocycles. The molecule has 0 spiro atoms. The Kier molecular flexibility index (Phi) is 5.68. The maximum Gasteiger partial charge on any atom is 0.193 e. The summed E-state index contributed by atoms with van der Waals surface area (Å²) < 4.78 is 11.4. The summed E-state index contributed by atoms with van der Waals surface area (Å²) in [6.45, 7) is 8.82. The number of anilines is 1. The van der Waals surface area contributed by atoms with Crippen LogP contribution in [0.5, 0.6) is 11.5 Å². The van der Waals surface area contributed by atoms with Crippen molar-refractivity contribution in [2.24, 2.45) is 10.7 Å². The third-order valence-corrected chi connectivity index (χ3v) is 4.87. The summed E-state index contributed by atoms with van der Waals surface area (Å²) in [5.41, 5.74) is 6.99. The van der Waals surface area contributed by atoms with Crippen LogP contribution in [0, 0.1) is 0 Å². The first-order chi connectivity index (χ1) is 12.0. The summed E-state index contributed by atoms with van der Waals surface area (Å²) in [6, 6.07) is 5.76. The van der Waals surface area contributed by atoms with Gasteiger partial charge < -0.3 is 20.5 Å². The lowest BCUT2D eigenvalue weighted by Gasteiger charge is -2.40. The number of hydrogen-bond donors (Lipinski definition) is 2. The summed E-state index contributed by atoms with van der Waals surface area (Å²) in [5, 5.41) is 3.16. The van der Waals surface area contributed by atoms with Crippen molar-refractivity contribution in [3.05, 3.63) is 18.2 Å². The molecular formula is C19H30N4O2. The van der Waals surface area contributed by atoms with Crippen LogP contribution < -0.4 is 20.5 Å². The minimum atomic E-state index is 0.0252. The molecule has 25 heavy (non-hydrogen) atoms. The quantitative estimate of drug-likeness (QED) is 0.648. The summed E-state index contributed by atoms with van der Waals surface area (Å²) in [7, 11) is 0. The average Bonchev–Trinajstić information content (AvgIpc) is 2.86. The third-order valence-electron chi connectivity index (χ3n) is 4.87. The first-order valence-electron chi connectivity index (χ1n) is 9.26. The highest BCUT2D eigenvalue weighted by Crippen LogP contribution is 2.32. The molecule has 3 rings (SSSR count). The Balaban J connectivity index is 1.60. The number of nitrogens with one attached hydrogen (secondary N) is 1. The number of nitrogens with two attached hydrogens (primary N) is 1. The molecule has 2 aliphatic rings. The maximum absolute atomic E-state index is 6.10. The summed E-state index contributed by atoms with van der Waals surface area (Å²) in [6.07, 6.45) is 4.78. The molecule has 0 radical (unpaired) electrons. The van der Waals surface area contributed by atoms with Gasteiger partial charge in [0.2, 0.25) is 0 Å². The lowest BCUT2D eigenvalue weighted by Crippen LogP contribution is -2.49. The number of guanidine groups is 1. The van der Waals surface area contributed by atoms with Crippen LogP contribution >= 0.6 is 0 Å². The Bertz CT molecular complexity index is 609. The molecule has 1 saturated heterocycles. The number of hydrogen-bond acceptors (Lipinski definition) is 4. The Morgan fingerprint density at radius 1 is 1.12 bits per heavy atom. The van der Waals surface area contributed by atoms with Gasteiger partial charge in [-0.15, -0.1) is 0 Å². The van der Waals surface area contributed by atoms with Gasteiger partial charge in [-0.1, -0.05) is 6.42 Å². The van der Waals surface area contributed by atoms with Crippen LogP contribution in [-0.4, -0.2) is 49.2 Å². The first-order valence-corrected chi connectivity index (χ1v) is 9.26. The van der Waals surface area contributed by atoms with Crippen LogP contribution in [0.1, 0.15) is 39.5 Å². The van der Waals surface area contributed by atoms with Gasteiger partial charge in [-0.3, -0.25) is 9.89 Å². The van der Waals surface area contributed by atoms with E-state index >= 15 is 0 Å². The number of nitrogens with zero attached hydrogens (tertiary/aromatic N) is 2. The molecule has 0 aromatic heterocycles. The van der Waals surface area contributed by atoms with E-state index in [2.05, 4.69) is 29.1 Å². The number of piperidine rings is 1. The molecule has 3 N–H and O–H groups in total. The van der Waals surface area contributed by atoms with Crippen LogP contribution in [0.3, 0.4) is 0 Å². The van der Waals surface area contributed by atoms with Crippen molar-refractivity contribution in [1.29, 1.82) is 0 Å². The van der Waals surface area contributed by atoms with E-state index in [-0.39, 0.29) is 5.54 Å². The van der Waals surface area contributed by atoms with Gasteiger partial charge in [0.25, 0.3) is 0 Å². The highest BCUT2D eigenvalue weighted by atomic mass is 16.5. The largest absolute Gasteiger partial charge is 0.490 e. The lowest BCUT2D eigenvalue weighted by atomic mass is 9.99. The predicted molar refractivity (Wildman–Crippen MR) is 102 cm³/mol. The number of likely N-dealkylation sites (tertiary alicyclic amines) is 1. The van der Waals surface area contributed by atoms with Crippen molar-refractivity contribution in [3.8, 4) is 11.5 Å². The van der Waals surface area contributed by atoms with Crippen molar-refractivity contribution in [2.75, 3.05) is 38.2 Å². The number of rotatable bonds is 4. The van der Waals surface area contributed by atoms with Gasteiger partial charge >= 0.3 is 0 Å². The summed E-state index contributed by atoms with van der Waals surface area (Å²) in [5.74, 6) is 1.97. The fourth-order valence-electron chi connectivity index (χ4n) is 3.31. The molecule has 0 atom stereocenters. The van der Waals surface area contributed by atoms with Gasteiger partial charge in [0.15, 0.2) is 17.5 Å². The third kappa shape index (κ3) is 4.78. The van der Waals surface area contributed by atoms with Crippen molar-refractivity contribution in [2.45, 2.75) is 45.1 Å². The fourth-order valence-corrected chi connectivity index (χ4v) is 3.31. The minimum Gasteiger partial charge on any atom is -0.490 e. The molecule has 2 heterocycles. The number of ether oxygens (including phenoxy) is 2. The highest BCUT2D eigenvalue weighted by molar-refractivity contribution is 5.92. The number of aliphatic imine (C=N–C) groups is 1. The van der Waals surface area contributed by atoms with E-state index in [1.165, 1.54) is 19.3 Å². The molecule has 0 amide bonds. The standard InChI is InChI=1S/C19H30N4O2/c1-19(2,23-9-4-3-5-10-23)14-21-18(20)22-15-7-8-16-17(13-15)25-12-6-11-24-16/h7-8,13H,3-6,9-12,14H2,1-2H3,(H3,20,21,22). The molecule has 1 aromatic rings. The van der Waals surface area contributed by atoms with Gasteiger partial charge in [-0.25, -0.2) is 0 Å². The van der Waals surface area contributed by atoms with Gasteiger partial charge in [-0.05, 0) is 51.9 Å².